The van der Waals surface area contributed by atoms with Crippen LogP contribution in [-0.4, -0.2) is 49.0 Å². The van der Waals surface area contributed by atoms with E-state index in [0.29, 0.717) is 6.61 Å². The van der Waals surface area contributed by atoms with E-state index in [-0.39, 0.29) is 19.8 Å². The Morgan fingerprint density at radius 1 is 1.44 bits per heavy atom. The second-order valence-corrected chi connectivity index (χ2v) is 3.05. The van der Waals surface area contributed by atoms with Crippen LogP contribution in [0, 0.1) is 0 Å². The summed E-state index contributed by atoms with van der Waals surface area (Å²) < 4.78 is 9.38. The van der Waals surface area contributed by atoms with Gasteiger partial charge in [0.25, 0.3) is 11.8 Å². The Hall–Kier alpha value is -1.69. The first-order valence-corrected chi connectivity index (χ1v) is 4.89. The Bertz CT molecular complexity index is 307. The predicted octanol–water partition coefficient (Wildman–Crippen LogP) is -0.509. The summed E-state index contributed by atoms with van der Waals surface area (Å²) in [4.78, 5) is 34.4. The van der Waals surface area contributed by atoms with Gasteiger partial charge in [-0.1, -0.05) is 6.08 Å². The molecule has 2 amide bonds. The van der Waals surface area contributed by atoms with Crippen molar-refractivity contribution in [3.63, 3.8) is 0 Å². The summed E-state index contributed by atoms with van der Waals surface area (Å²) in [5, 5.41) is 0. The molecule has 16 heavy (non-hydrogen) atoms. The van der Waals surface area contributed by atoms with Gasteiger partial charge in [-0.3, -0.25) is 14.5 Å². The number of morpholine rings is 1. The second-order valence-electron chi connectivity index (χ2n) is 3.05. The summed E-state index contributed by atoms with van der Waals surface area (Å²) in [6, 6.07) is 0. The molecule has 0 aromatic heterocycles. The van der Waals surface area contributed by atoms with Crippen molar-refractivity contribution in [2.45, 2.75) is 6.92 Å². The van der Waals surface area contributed by atoms with Gasteiger partial charge >= 0.3 is 5.97 Å². The molecule has 1 saturated heterocycles. The van der Waals surface area contributed by atoms with E-state index < -0.39 is 17.8 Å². The summed E-state index contributed by atoms with van der Waals surface area (Å²) in [7, 11) is 0. The van der Waals surface area contributed by atoms with Crippen LogP contribution in [0.5, 0.6) is 0 Å². The van der Waals surface area contributed by atoms with Crippen LogP contribution in [0.3, 0.4) is 0 Å². The van der Waals surface area contributed by atoms with Crippen molar-refractivity contribution in [1.29, 1.82) is 0 Å². The van der Waals surface area contributed by atoms with E-state index in [1.54, 1.807) is 6.92 Å². The molecule has 0 aromatic carbocycles. The summed E-state index contributed by atoms with van der Waals surface area (Å²) in [6.07, 6.45) is 2.61. The average Bonchev–Trinajstić information content (AvgIpc) is 2.23. The zero-order chi connectivity index (χ0) is 12.0. The third kappa shape index (κ3) is 3.47. The van der Waals surface area contributed by atoms with Crippen LogP contribution < -0.4 is 0 Å². The Balaban J connectivity index is 2.44. The average molecular weight is 227 g/mol. The Morgan fingerprint density at radius 3 is 2.62 bits per heavy atom. The number of hydrogen-bond acceptors (Lipinski definition) is 5. The van der Waals surface area contributed by atoms with E-state index in [1.807, 2.05) is 0 Å². The minimum absolute atomic E-state index is 0.0693. The molecule has 0 bridgehead atoms. The summed E-state index contributed by atoms with van der Waals surface area (Å²) in [6.45, 7) is 1.86. The summed E-state index contributed by atoms with van der Waals surface area (Å²) in [5.74, 6) is -1.29. The lowest BCUT2D eigenvalue weighted by Crippen LogP contribution is -2.46. The molecule has 0 N–H and O–H groups in total. The second kappa shape index (κ2) is 6.02. The number of carbonyl (C=O) groups excluding carboxylic acids is 3. The minimum atomic E-state index is -0.490. The van der Waals surface area contributed by atoms with Gasteiger partial charge in [0, 0.05) is 12.6 Å². The molecule has 0 saturated carbocycles. The highest BCUT2D eigenvalue weighted by atomic mass is 16.5. The van der Waals surface area contributed by atoms with Gasteiger partial charge in [-0.15, -0.1) is 0 Å². The maximum atomic E-state index is 11.2. The fourth-order valence-corrected chi connectivity index (χ4v) is 1.17. The lowest BCUT2D eigenvalue weighted by molar-refractivity contribution is -0.157. The number of carbonyl (C=O) groups is 3. The van der Waals surface area contributed by atoms with Gasteiger partial charge in [-0.2, -0.15) is 0 Å². The standard InChI is InChI=1S/C10H13NO5/c1-2-16-10(14)4-3-5-11-8(12)6-15-7-9(11)13/h3-4H,2,5-7H2,1H3/b4-3+. The normalized spacial score (nSPS) is 16.9. The summed E-state index contributed by atoms with van der Waals surface area (Å²) in [5.41, 5.74) is 0. The summed E-state index contributed by atoms with van der Waals surface area (Å²) >= 11 is 0. The fourth-order valence-electron chi connectivity index (χ4n) is 1.17. The fraction of sp³-hybridized carbons (Fsp3) is 0.500. The molecule has 6 heteroatoms. The first-order chi connectivity index (χ1) is 7.65. The van der Waals surface area contributed by atoms with Crippen LogP contribution in [0.4, 0.5) is 0 Å². The Labute approximate surface area is 92.8 Å². The van der Waals surface area contributed by atoms with E-state index in [9.17, 15) is 14.4 Å². The first-order valence-electron chi connectivity index (χ1n) is 4.89. The Morgan fingerprint density at radius 2 is 2.06 bits per heavy atom. The molecular formula is C10H13NO5. The Kier molecular flexibility index (Phi) is 4.65. The van der Waals surface area contributed by atoms with Crippen LogP contribution in [0.2, 0.25) is 0 Å². The third-order valence-electron chi connectivity index (χ3n) is 1.88. The van der Waals surface area contributed by atoms with E-state index in [0.717, 1.165) is 4.90 Å². The zero-order valence-electron chi connectivity index (χ0n) is 8.97. The zero-order valence-corrected chi connectivity index (χ0v) is 8.97. The van der Waals surface area contributed by atoms with Gasteiger partial charge < -0.3 is 9.47 Å². The van der Waals surface area contributed by atoms with E-state index in [4.69, 9.17) is 4.74 Å². The van der Waals surface area contributed by atoms with Gasteiger partial charge in [0.05, 0.1) is 6.61 Å². The lowest BCUT2D eigenvalue weighted by atomic mass is 10.3. The highest BCUT2D eigenvalue weighted by Crippen LogP contribution is 2.00. The maximum absolute atomic E-state index is 11.2. The van der Waals surface area contributed by atoms with Gasteiger partial charge in [-0.25, -0.2) is 4.79 Å². The molecule has 1 aliphatic rings. The van der Waals surface area contributed by atoms with E-state index >= 15 is 0 Å². The lowest BCUT2D eigenvalue weighted by Gasteiger charge is -2.23. The highest BCUT2D eigenvalue weighted by molar-refractivity contribution is 5.98. The smallest absolute Gasteiger partial charge is 0.330 e. The van der Waals surface area contributed by atoms with Crippen molar-refractivity contribution in [2.24, 2.45) is 0 Å². The van der Waals surface area contributed by atoms with E-state index in [1.165, 1.54) is 12.2 Å². The van der Waals surface area contributed by atoms with Gasteiger partial charge in [0.2, 0.25) is 0 Å². The molecule has 1 heterocycles. The molecule has 0 atom stereocenters. The van der Waals surface area contributed by atoms with Crippen molar-refractivity contribution in [3.8, 4) is 0 Å². The molecule has 0 radical (unpaired) electrons. The van der Waals surface area contributed by atoms with Crippen LogP contribution in [0.1, 0.15) is 6.92 Å². The topological polar surface area (TPSA) is 72.9 Å². The molecule has 88 valence electrons. The molecule has 1 rings (SSSR count). The van der Waals surface area contributed by atoms with Gasteiger partial charge in [-0.05, 0) is 6.92 Å². The number of hydrogen-bond donors (Lipinski definition) is 0. The third-order valence-corrected chi connectivity index (χ3v) is 1.88. The highest BCUT2D eigenvalue weighted by Gasteiger charge is 2.25. The molecule has 0 spiro atoms. The maximum Gasteiger partial charge on any atom is 0.330 e. The van der Waals surface area contributed by atoms with Crippen LogP contribution in [0.25, 0.3) is 0 Å². The predicted molar refractivity (Wildman–Crippen MR) is 53.3 cm³/mol. The first kappa shape index (κ1) is 12.4. The number of amides is 2. The molecule has 1 aliphatic heterocycles. The molecule has 6 nitrogen and oxygen atoms in total. The van der Waals surface area contributed by atoms with E-state index in [2.05, 4.69) is 4.74 Å². The van der Waals surface area contributed by atoms with Gasteiger partial charge in [0.15, 0.2) is 0 Å². The number of rotatable bonds is 4. The van der Waals surface area contributed by atoms with Crippen LogP contribution in [-0.2, 0) is 23.9 Å². The molecule has 0 unspecified atom stereocenters. The molecule has 0 aliphatic carbocycles. The van der Waals surface area contributed by atoms with Crippen LogP contribution >= 0.6 is 0 Å². The molecular weight excluding hydrogens is 214 g/mol. The van der Waals surface area contributed by atoms with Crippen molar-refractivity contribution >= 4 is 17.8 Å². The molecule has 0 aromatic rings. The van der Waals surface area contributed by atoms with Crippen LogP contribution in [0.15, 0.2) is 12.2 Å². The quantitative estimate of drug-likeness (QED) is 0.367. The minimum Gasteiger partial charge on any atom is -0.463 e. The van der Waals surface area contributed by atoms with Crippen molar-refractivity contribution in [1.82, 2.24) is 4.90 Å². The van der Waals surface area contributed by atoms with Gasteiger partial charge in [0.1, 0.15) is 13.2 Å². The van der Waals surface area contributed by atoms with Crippen molar-refractivity contribution < 1.29 is 23.9 Å². The molecule has 1 fully saturated rings. The number of esters is 1. The SMILES string of the molecule is CCOC(=O)/C=C/CN1C(=O)COCC1=O. The number of imide groups is 1. The van der Waals surface area contributed by atoms with Crippen molar-refractivity contribution in [2.75, 3.05) is 26.4 Å². The van der Waals surface area contributed by atoms with Crippen molar-refractivity contribution in [3.05, 3.63) is 12.2 Å². The largest absolute Gasteiger partial charge is 0.463 e. The number of ether oxygens (including phenoxy) is 2. The number of nitrogens with zero attached hydrogens (tertiary/aromatic N) is 1. The monoisotopic (exact) mass is 227 g/mol.